The third-order valence-electron chi connectivity index (χ3n) is 4.68. The number of carbonyl (C=O) groups is 1. The van der Waals surface area contributed by atoms with Crippen LogP contribution in [0.15, 0.2) is 24.3 Å². The summed E-state index contributed by atoms with van der Waals surface area (Å²) in [4.78, 5) is 14.2. The minimum Gasteiger partial charge on any atom is -0.494 e. The first-order valence-electron chi connectivity index (χ1n) is 9.33. The first-order valence-corrected chi connectivity index (χ1v) is 9.33. The molecule has 1 aromatic rings. The van der Waals surface area contributed by atoms with Crippen molar-refractivity contribution < 1.29 is 14.3 Å². The molecule has 0 atom stereocenters. The molecule has 0 aromatic heterocycles. The molecular formula is C20H31NO3. The number of esters is 1. The van der Waals surface area contributed by atoms with Crippen LogP contribution in [0.2, 0.25) is 0 Å². The molecule has 0 radical (unpaired) electrons. The highest BCUT2D eigenvalue weighted by Crippen LogP contribution is 2.19. The smallest absolute Gasteiger partial charge is 0.309 e. The quantitative estimate of drug-likeness (QED) is 0.510. The summed E-state index contributed by atoms with van der Waals surface area (Å²) >= 11 is 0. The Morgan fingerprint density at radius 1 is 1.12 bits per heavy atom. The SMILES string of the molecule is CCOC(=O)C1CCN(CCCCOc2ccc(CC)cc2)CC1. The molecule has 4 nitrogen and oxygen atoms in total. The van der Waals surface area contributed by atoms with Gasteiger partial charge in [0.05, 0.1) is 19.1 Å². The highest BCUT2D eigenvalue weighted by Gasteiger charge is 2.25. The van der Waals surface area contributed by atoms with Crippen molar-refractivity contribution in [3.8, 4) is 5.75 Å². The van der Waals surface area contributed by atoms with Crippen molar-refractivity contribution in [2.24, 2.45) is 5.92 Å². The average Bonchev–Trinajstić information content (AvgIpc) is 2.62. The topological polar surface area (TPSA) is 38.8 Å². The van der Waals surface area contributed by atoms with Gasteiger partial charge < -0.3 is 14.4 Å². The van der Waals surface area contributed by atoms with Crippen molar-refractivity contribution in [1.82, 2.24) is 4.90 Å². The summed E-state index contributed by atoms with van der Waals surface area (Å²) in [5.74, 6) is 1.05. The van der Waals surface area contributed by atoms with Crippen molar-refractivity contribution in [2.75, 3.05) is 32.8 Å². The predicted molar refractivity (Wildman–Crippen MR) is 96.3 cm³/mol. The maximum Gasteiger partial charge on any atom is 0.309 e. The molecule has 1 aliphatic heterocycles. The third-order valence-corrected chi connectivity index (χ3v) is 4.68. The van der Waals surface area contributed by atoms with Crippen LogP contribution in [0.5, 0.6) is 5.75 Å². The Morgan fingerprint density at radius 3 is 2.46 bits per heavy atom. The van der Waals surface area contributed by atoms with E-state index in [1.807, 2.05) is 6.92 Å². The van der Waals surface area contributed by atoms with Crippen molar-refractivity contribution in [3.63, 3.8) is 0 Å². The molecular weight excluding hydrogens is 302 g/mol. The van der Waals surface area contributed by atoms with E-state index in [9.17, 15) is 4.79 Å². The van der Waals surface area contributed by atoms with E-state index in [0.29, 0.717) is 6.61 Å². The van der Waals surface area contributed by atoms with Crippen LogP contribution >= 0.6 is 0 Å². The van der Waals surface area contributed by atoms with E-state index in [4.69, 9.17) is 9.47 Å². The highest BCUT2D eigenvalue weighted by molar-refractivity contribution is 5.72. The molecule has 0 bridgehead atoms. The van der Waals surface area contributed by atoms with E-state index in [1.165, 1.54) is 5.56 Å². The number of aryl methyl sites for hydroxylation is 1. The zero-order chi connectivity index (χ0) is 17.2. The minimum atomic E-state index is -0.0142. The highest BCUT2D eigenvalue weighted by atomic mass is 16.5. The van der Waals surface area contributed by atoms with E-state index in [0.717, 1.165) is 64.1 Å². The largest absolute Gasteiger partial charge is 0.494 e. The van der Waals surface area contributed by atoms with Crippen LogP contribution in [0.1, 0.15) is 45.1 Å². The zero-order valence-electron chi connectivity index (χ0n) is 15.1. The fraction of sp³-hybridized carbons (Fsp3) is 0.650. The summed E-state index contributed by atoms with van der Waals surface area (Å²) < 4.78 is 10.9. The van der Waals surface area contributed by atoms with E-state index in [2.05, 4.69) is 36.1 Å². The first kappa shape index (κ1) is 18.8. The summed E-state index contributed by atoms with van der Waals surface area (Å²) in [5.41, 5.74) is 1.34. The fourth-order valence-corrected chi connectivity index (χ4v) is 3.10. The number of likely N-dealkylation sites (tertiary alicyclic amines) is 1. The Bertz CT molecular complexity index is 478. The van der Waals surface area contributed by atoms with Crippen LogP contribution < -0.4 is 4.74 Å². The Kier molecular flexibility index (Phi) is 8.10. The van der Waals surface area contributed by atoms with Crippen molar-refractivity contribution in [2.45, 2.75) is 46.0 Å². The van der Waals surface area contributed by atoms with Crippen LogP contribution in [0.3, 0.4) is 0 Å². The predicted octanol–water partition coefficient (Wildman–Crippen LogP) is 3.68. The molecule has 24 heavy (non-hydrogen) atoms. The lowest BCUT2D eigenvalue weighted by Crippen LogP contribution is -2.37. The van der Waals surface area contributed by atoms with Gasteiger partial charge >= 0.3 is 5.97 Å². The van der Waals surface area contributed by atoms with E-state index in [-0.39, 0.29) is 11.9 Å². The van der Waals surface area contributed by atoms with Crippen LogP contribution in [-0.4, -0.2) is 43.7 Å². The molecule has 0 saturated carbocycles. The summed E-state index contributed by atoms with van der Waals surface area (Å²) in [6.45, 7) is 8.38. The lowest BCUT2D eigenvalue weighted by Gasteiger charge is -2.30. The fourth-order valence-electron chi connectivity index (χ4n) is 3.10. The van der Waals surface area contributed by atoms with Crippen molar-refractivity contribution in [1.29, 1.82) is 0 Å². The van der Waals surface area contributed by atoms with Crippen molar-refractivity contribution >= 4 is 5.97 Å². The van der Waals surface area contributed by atoms with Crippen LogP contribution in [0.25, 0.3) is 0 Å². The number of piperidine rings is 1. The lowest BCUT2D eigenvalue weighted by molar-refractivity contribution is -0.149. The molecule has 1 aromatic carbocycles. The Balaban J connectivity index is 1.54. The zero-order valence-corrected chi connectivity index (χ0v) is 15.1. The Hall–Kier alpha value is -1.55. The Labute approximate surface area is 146 Å². The van der Waals surface area contributed by atoms with Crippen LogP contribution in [0, 0.1) is 5.92 Å². The van der Waals surface area contributed by atoms with Gasteiger partial charge in [-0.2, -0.15) is 0 Å². The lowest BCUT2D eigenvalue weighted by atomic mass is 9.97. The first-order chi connectivity index (χ1) is 11.7. The molecule has 0 N–H and O–H groups in total. The van der Waals surface area contributed by atoms with Gasteiger partial charge in [0.2, 0.25) is 0 Å². The van der Waals surface area contributed by atoms with Gasteiger partial charge in [-0.3, -0.25) is 4.79 Å². The van der Waals surface area contributed by atoms with Gasteiger partial charge in [0.25, 0.3) is 0 Å². The Morgan fingerprint density at radius 2 is 1.83 bits per heavy atom. The second-order valence-electron chi connectivity index (χ2n) is 6.42. The number of hydrogen-bond donors (Lipinski definition) is 0. The maximum absolute atomic E-state index is 11.7. The average molecular weight is 333 g/mol. The van der Waals surface area contributed by atoms with Gasteiger partial charge in [-0.15, -0.1) is 0 Å². The number of hydrogen-bond acceptors (Lipinski definition) is 4. The molecule has 4 heteroatoms. The molecule has 0 unspecified atom stereocenters. The summed E-state index contributed by atoms with van der Waals surface area (Å²) in [6.07, 6.45) is 5.12. The van der Waals surface area contributed by atoms with Gasteiger partial charge in [-0.05, 0) is 76.4 Å². The molecule has 1 heterocycles. The van der Waals surface area contributed by atoms with Gasteiger partial charge in [-0.1, -0.05) is 19.1 Å². The number of nitrogens with zero attached hydrogens (tertiary/aromatic N) is 1. The second-order valence-corrected chi connectivity index (χ2v) is 6.42. The standard InChI is InChI=1S/C20H31NO3/c1-3-17-7-9-19(10-8-17)24-16-6-5-13-21-14-11-18(12-15-21)20(22)23-4-2/h7-10,18H,3-6,11-16H2,1-2H3. The van der Waals surface area contributed by atoms with Gasteiger partial charge in [-0.25, -0.2) is 0 Å². The summed E-state index contributed by atoms with van der Waals surface area (Å²) in [5, 5.41) is 0. The molecule has 0 aliphatic carbocycles. The number of benzene rings is 1. The normalized spacial score (nSPS) is 16.1. The van der Waals surface area contributed by atoms with E-state index >= 15 is 0 Å². The second kappa shape index (κ2) is 10.3. The molecule has 0 spiro atoms. The molecule has 0 amide bonds. The number of carbonyl (C=O) groups excluding carboxylic acids is 1. The van der Waals surface area contributed by atoms with E-state index < -0.39 is 0 Å². The number of ether oxygens (including phenoxy) is 2. The van der Waals surface area contributed by atoms with Gasteiger partial charge in [0.15, 0.2) is 0 Å². The number of rotatable bonds is 9. The molecule has 1 saturated heterocycles. The minimum absolute atomic E-state index is 0.0142. The van der Waals surface area contributed by atoms with Crippen molar-refractivity contribution in [3.05, 3.63) is 29.8 Å². The van der Waals surface area contributed by atoms with Gasteiger partial charge in [0.1, 0.15) is 5.75 Å². The third kappa shape index (κ3) is 6.16. The molecule has 1 aliphatic rings. The molecule has 134 valence electrons. The summed E-state index contributed by atoms with van der Waals surface area (Å²) in [6, 6.07) is 8.37. The molecule has 2 rings (SSSR count). The van der Waals surface area contributed by atoms with E-state index in [1.54, 1.807) is 0 Å². The monoisotopic (exact) mass is 333 g/mol. The maximum atomic E-state index is 11.7. The van der Waals surface area contributed by atoms with Crippen LogP contribution in [0.4, 0.5) is 0 Å². The molecule has 1 fully saturated rings. The van der Waals surface area contributed by atoms with Crippen LogP contribution in [-0.2, 0) is 16.0 Å². The van der Waals surface area contributed by atoms with Gasteiger partial charge in [0, 0.05) is 0 Å². The number of unbranched alkanes of at least 4 members (excludes halogenated alkanes) is 1. The summed E-state index contributed by atoms with van der Waals surface area (Å²) in [7, 11) is 0.